The second-order valence-electron chi connectivity index (χ2n) is 7.84. The Balaban J connectivity index is 1.82. The molecule has 9 nitrogen and oxygen atoms in total. The molecule has 0 radical (unpaired) electrons. The fraction of sp³-hybridized carbons (Fsp3) is 0.524. The van der Waals surface area contributed by atoms with Crippen LogP contribution < -0.4 is 10.6 Å². The number of hydrogen-bond acceptors (Lipinski definition) is 6. The first-order valence-electron chi connectivity index (χ1n) is 10.4. The molecule has 1 aromatic rings. The van der Waals surface area contributed by atoms with E-state index in [-0.39, 0.29) is 18.7 Å². The zero-order chi connectivity index (χ0) is 22.6. The van der Waals surface area contributed by atoms with Crippen molar-refractivity contribution in [2.45, 2.75) is 31.8 Å². The Morgan fingerprint density at radius 2 is 1.87 bits per heavy atom. The molecule has 2 aliphatic heterocycles. The van der Waals surface area contributed by atoms with Gasteiger partial charge in [0.25, 0.3) is 0 Å². The van der Waals surface area contributed by atoms with Crippen LogP contribution in [0.1, 0.15) is 31.4 Å². The smallest absolute Gasteiger partial charge is 0.338 e. The number of nitrogens with zero attached hydrogens (tertiary/aromatic N) is 2. The maximum absolute atomic E-state index is 12.8. The summed E-state index contributed by atoms with van der Waals surface area (Å²) in [4.78, 5) is 27.3. The van der Waals surface area contributed by atoms with Crippen LogP contribution in [-0.2, 0) is 19.6 Å². The van der Waals surface area contributed by atoms with E-state index in [4.69, 9.17) is 4.74 Å². The molecule has 0 saturated carbocycles. The molecule has 1 unspecified atom stereocenters. The van der Waals surface area contributed by atoms with E-state index in [0.717, 1.165) is 5.56 Å². The summed E-state index contributed by atoms with van der Waals surface area (Å²) in [6.45, 7) is 3.66. The number of piperidine rings is 1. The van der Waals surface area contributed by atoms with Gasteiger partial charge in [0.1, 0.15) is 0 Å². The molecule has 2 aliphatic rings. The number of benzene rings is 1. The van der Waals surface area contributed by atoms with Gasteiger partial charge in [-0.15, -0.1) is 0 Å². The number of rotatable bonds is 7. The maximum Gasteiger partial charge on any atom is 0.338 e. The summed E-state index contributed by atoms with van der Waals surface area (Å²) in [6.07, 6.45) is 2.57. The summed E-state index contributed by atoms with van der Waals surface area (Å²) in [6, 6.07) is 8.29. The Hall–Kier alpha value is -2.43. The lowest BCUT2D eigenvalue weighted by Crippen LogP contribution is -2.50. The standard InChI is InChI=1S/C21H30N4O5S/c1-4-30-20(26)18-17(22-21(27)23-19(18)15-8-6-5-7-9-15)14-25-12-10-16(11-13-25)24(2)31(3,28)29/h5-9,16,19H,4,10-14H2,1-3H3,(H2,22,23,27). The van der Waals surface area contributed by atoms with Gasteiger partial charge in [-0.05, 0) is 25.3 Å². The Kier molecular flexibility index (Phi) is 7.34. The van der Waals surface area contributed by atoms with Crippen LogP contribution in [0.5, 0.6) is 0 Å². The van der Waals surface area contributed by atoms with Crippen LogP contribution in [0.25, 0.3) is 0 Å². The van der Waals surface area contributed by atoms with Gasteiger partial charge in [0.05, 0.1) is 24.5 Å². The Morgan fingerprint density at radius 1 is 1.23 bits per heavy atom. The molecule has 2 amide bonds. The Morgan fingerprint density at radius 3 is 2.45 bits per heavy atom. The molecule has 0 aromatic heterocycles. The average molecular weight is 451 g/mol. The highest BCUT2D eigenvalue weighted by Crippen LogP contribution is 2.28. The summed E-state index contributed by atoms with van der Waals surface area (Å²) in [5.74, 6) is -0.467. The van der Waals surface area contributed by atoms with E-state index in [1.165, 1.54) is 10.6 Å². The topological polar surface area (TPSA) is 108 Å². The fourth-order valence-electron chi connectivity index (χ4n) is 4.02. The number of esters is 1. The van der Waals surface area contributed by atoms with Gasteiger partial charge in [-0.25, -0.2) is 22.3 Å². The van der Waals surface area contributed by atoms with Crippen molar-refractivity contribution < 1.29 is 22.7 Å². The van der Waals surface area contributed by atoms with Crippen LogP contribution in [0.15, 0.2) is 41.6 Å². The molecule has 170 valence electrons. The molecule has 31 heavy (non-hydrogen) atoms. The van der Waals surface area contributed by atoms with Crippen LogP contribution in [0.3, 0.4) is 0 Å². The third-order valence-electron chi connectivity index (χ3n) is 5.76. The molecule has 1 saturated heterocycles. The van der Waals surface area contributed by atoms with Crippen molar-refractivity contribution in [1.29, 1.82) is 0 Å². The third-order valence-corrected chi connectivity index (χ3v) is 7.10. The van der Waals surface area contributed by atoms with Gasteiger partial charge in [0, 0.05) is 38.4 Å². The van der Waals surface area contributed by atoms with Gasteiger partial charge < -0.3 is 15.4 Å². The van der Waals surface area contributed by atoms with E-state index in [1.807, 2.05) is 30.3 Å². The molecule has 1 atom stereocenters. The van der Waals surface area contributed by atoms with Crippen LogP contribution in [0, 0.1) is 0 Å². The van der Waals surface area contributed by atoms with Crippen LogP contribution in [0.4, 0.5) is 4.79 Å². The maximum atomic E-state index is 12.8. The van der Waals surface area contributed by atoms with Gasteiger partial charge in [-0.2, -0.15) is 0 Å². The monoisotopic (exact) mass is 450 g/mol. The summed E-state index contributed by atoms with van der Waals surface area (Å²) in [7, 11) is -1.63. The first kappa shape index (κ1) is 23.2. The quantitative estimate of drug-likeness (QED) is 0.605. The zero-order valence-electron chi connectivity index (χ0n) is 18.1. The fourth-order valence-corrected chi connectivity index (χ4v) is 4.78. The molecule has 0 aliphatic carbocycles. The van der Waals surface area contributed by atoms with Crippen molar-refractivity contribution in [3.63, 3.8) is 0 Å². The van der Waals surface area contributed by atoms with E-state index < -0.39 is 22.0 Å². The summed E-state index contributed by atoms with van der Waals surface area (Å²) in [5.41, 5.74) is 1.71. The highest BCUT2D eigenvalue weighted by molar-refractivity contribution is 7.88. The predicted octanol–water partition coefficient (Wildman–Crippen LogP) is 1.21. The number of ether oxygens (including phenoxy) is 1. The first-order valence-corrected chi connectivity index (χ1v) is 12.2. The lowest BCUT2D eigenvalue weighted by atomic mass is 9.94. The van der Waals surface area contributed by atoms with Crippen LogP contribution >= 0.6 is 0 Å². The van der Waals surface area contributed by atoms with Crippen molar-refractivity contribution in [2.75, 3.05) is 39.5 Å². The minimum atomic E-state index is -3.24. The van der Waals surface area contributed by atoms with Gasteiger partial charge in [-0.1, -0.05) is 30.3 Å². The lowest BCUT2D eigenvalue weighted by Gasteiger charge is -2.37. The van der Waals surface area contributed by atoms with Gasteiger partial charge >= 0.3 is 12.0 Å². The number of likely N-dealkylation sites (tertiary alicyclic amines) is 1. The summed E-state index contributed by atoms with van der Waals surface area (Å²) >= 11 is 0. The Labute approximate surface area is 183 Å². The largest absolute Gasteiger partial charge is 0.463 e. The van der Waals surface area contributed by atoms with E-state index in [1.54, 1.807) is 14.0 Å². The number of sulfonamides is 1. The number of nitrogens with one attached hydrogen (secondary N) is 2. The minimum Gasteiger partial charge on any atom is -0.463 e. The van der Waals surface area contributed by atoms with Crippen LogP contribution in [-0.4, -0.2) is 75.2 Å². The molecule has 0 spiro atoms. The molecule has 10 heteroatoms. The SMILES string of the molecule is CCOC(=O)C1=C(CN2CCC(N(C)S(C)(=O)=O)CC2)NC(=O)NC1c1ccccc1. The number of carbonyl (C=O) groups is 2. The number of carbonyl (C=O) groups excluding carboxylic acids is 2. The van der Waals surface area contributed by atoms with Crippen LogP contribution in [0.2, 0.25) is 0 Å². The van der Waals surface area contributed by atoms with E-state index in [0.29, 0.717) is 43.7 Å². The normalized spacial score (nSPS) is 21.0. The number of hydrogen-bond donors (Lipinski definition) is 2. The van der Waals surface area contributed by atoms with Gasteiger partial charge in [0.2, 0.25) is 10.0 Å². The number of amides is 2. The van der Waals surface area contributed by atoms with Crippen molar-refractivity contribution in [2.24, 2.45) is 0 Å². The molecular weight excluding hydrogens is 420 g/mol. The molecule has 3 rings (SSSR count). The second-order valence-corrected chi connectivity index (χ2v) is 9.88. The minimum absolute atomic E-state index is 0.0514. The molecule has 0 bridgehead atoms. The predicted molar refractivity (Wildman–Crippen MR) is 117 cm³/mol. The van der Waals surface area contributed by atoms with Crippen molar-refractivity contribution in [3.8, 4) is 0 Å². The molecule has 2 N–H and O–H groups in total. The van der Waals surface area contributed by atoms with Crippen molar-refractivity contribution in [1.82, 2.24) is 19.8 Å². The summed E-state index contributed by atoms with van der Waals surface area (Å²) in [5, 5.41) is 5.62. The molecule has 1 fully saturated rings. The van der Waals surface area contributed by atoms with Crippen molar-refractivity contribution in [3.05, 3.63) is 47.2 Å². The molecule has 2 heterocycles. The Bertz CT molecular complexity index is 940. The highest BCUT2D eigenvalue weighted by atomic mass is 32.2. The molecule has 1 aromatic carbocycles. The van der Waals surface area contributed by atoms with E-state index >= 15 is 0 Å². The van der Waals surface area contributed by atoms with Gasteiger partial charge in [-0.3, -0.25) is 4.90 Å². The third kappa shape index (κ3) is 5.63. The first-order chi connectivity index (χ1) is 14.7. The van der Waals surface area contributed by atoms with Crippen molar-refractivity contribution >= 4 is 22.0 Å². The number of urea groups is 1. The second kappa shape index (κ2) is 9.80. The zero-order valence-corrected chi connectivity index (χ0v) is 18.9. The summed E-state index contributed by atoms with van der Waals surface area (Å²) < 4.78 is 30.3. The highest BCUT2D eigenvalue weighted by Gasteiger charge is 2.35. The van der Waals surface area contributed by atoms with E-state index in [2.05, 4.69) is 15.5 Å². The lowest BCUT2D eigenvalue weighted by molar-refractivity contribution is -0.139. The van der Waals surface area contributed by atoms with E-state index in [9.17, 15) is 18.0 Å². The van der Waals surface area contributed by atoms with Gasteiger partial charge in [0.15, 0.2) is 0 Å². The average Bonchev–Trinajstić information content (AvgIpc) is 2.73. The molecular formula is C21H30N4O5S.